The first-order valence-corrected chi connectivity index (χ1v) is 10.8. The predicted molar refractivity (Wildman–Crippen MR) is 124 cm³/mol. The van der Waals surface area contributed by atoms with E-state index in [-0.39, 0.29) is 12.1 Å². The maximum Gasteiger partial charge on any atom is 0.410 e. The second-order valence-corrected chi connectivity index (χ2v) is 8.96. The third kappa shape index (κ3) is 6.13. The molecule has 0 saturated carbocycles. The number of hydrogen-bond donors (Lipinski definition) is 1. The molecule has 1 atom stereocenters. The van der Waals surface area contributed by atoms with Gasteiger partial charge in [0.1, 0.15) is 11.4 Å². The lowest BCUT2D eigenvalue weighted by atomic mass is 10.0. The van der Waals surface area contributed by atoms with Crippen molar-refractivity contribution in [1.82, 2.24) is 4.90 Å². The van der Waals surface area contributed by atoms with Gasteiger partial charge >= 0.3 is 12.1 Å². The van der Waals surface area contributed by atoms with Gasteiger partial charge in [0.25, 0.3) is 0 Å². The lowest BCUT2D eigenvalue weighted by molar-refractivity contribution is -0.131. The Morgan fingerprint density at radius 2 is 1.88 bits per heavy atom. The molecule has 0 heterocycles. The molecule has 32 heavy (non-hydrogen) atoms. The molecular formula is C26H31NO5. The van der Waals surface area contributed by atoms with Crippen molar-refractivity contribution in [2.75, 3.05) is 13.7 Å². The van der Waals surface area contributed by atoms with Crippen LogP contribution in [0.4, 0.5) is 4.79 Å². The molecular weight excluding hydrogens is 406 g/mol. The maximum absolute atomic E-state index is 13.1. The van der Waals surface area contributed by atoms with E-state index >= 15 is 0 Å². The highest BCUT2D eigenvalue weighted by Gasteiger charge is 2.33. The SMILES string of the molecule is COc1ccc(CCN(C(=O)OC(C)(C)C)C2CCc3cc(/C=C/C(=O)O)ccc32)cc1. The minimum Gasteiger partial charge on any atom is -0.497 e. The number of rotatable bonds is 7. The molecule has 0 spiro atoms. The molecule has 1 amide bonds. The van der Waals surface area contributed by atoms with E-state index in [0.29, 0.717) is 13.0 Å². The summed E-state index contributed by atoms with van der Waals surface area (Å²) in [5.41, 5.74) is 3.61. The third-order valence-corrected chi connectivity index (χ3v) is 5.44. The third-order valence-electron chi connectivity index (χ3n) is 5.44. The number of carboxylic acids is 1. The Kier molecular flexibility index (Phi) is 7.23. The lowest BCUT2D eigenvalue weighted by Gasteiger charge is -2.32. The smallest absolute Gasteiger partial charge is 0.410 e. The quantitative estimate of drug-likeness (QED) is 0.598. The van der Waals surface area contributed by atoms with Crippen molar-refractivity contribution in [2.45, 2.75) is 51.7 Å². The van der Waals surface area contributed by atoms with Gasteiger partial charge in [0.05, 0.1) is 13.2 Å². The molecule has 0 fully saturated rings. The van der Waals surface area contributed by atoms with Crippen LogP contribution in [0.15, 0.2) is 48.5 Å². The minimum atomic E-state index is -0.974. The molecule has 6 nitrogen and oxygen atoms in total. The van der Waals surface area contributed by atoms with E-state index in [2.05, 4.69) is 0 Å². The first kappa shape index (κ1) is 23.4. The van der Waals surface area contributed by atoms with Crippen LogP contribution in [-0.4, -0.2) is 41.3 Å². The first-order valence-electron chi connectivity index (χ1n) is 10.8. The Labute approximate surface area is 189 Å². The molecule has 170 valence electrons. The van der Waals surface area contributed by atoms with E-state index in [4.69, 9.17) is 14.6 Å². The standard InChI is InChI=1S/C26H31NO5/c1-26(2,3)32-25(30)27(16-15-18-5-10-21(31-4)11-6-18)23-13-9-20-17-19(7-12-22(20)23)8-14-24(28)29/h5-8,10-12,14,17,23H,9,13,15-16H2,1-4H3,(H,28,29)/b14-8+. The number of benzene rings is 2. The Morgan fingerprint density at radius 3 is 2.50 bits per heavy atom. The van der Waals surface area contributed by atoms with E-state index in [1.807, 2.05) is 68.1 Å². The van der Waals surface area contributed by atoms with Gasteiger partial charge in [-0.15, -0.1) is 0 Å². The summed E-state index contributed by atoms with van der Waals surface area (Å²) in [6.45, 7) is 6.15. The Hall–Kier alpha value is -3.28. The number of carbonyl (C=O) groups is 2. The maximum atomic E-state index is 13.1. The molecule has 0 saturated heterocycles. The van der Waals surface area contributed by atoms with Crippen molar-refractivity contribution in [3.63, 3.8) is 0 Å². The fourth-order valence-electron chi connectivity index (χ4n) is 3.95. The van der Waals surface area contributed by atoms with Crippen LogP contribution in [0.2, 0.25) is 0 Å². The fraction of sp³-hybridized carbons (Fsp3) is 0.385. The second-order valence-electron chi connectivity index (χ2n) is 8.96. The molecule has 1 aliphatic rings. The second kappa shape index (κ2) is 9.90. The van der Waals surface area contributed by atoms with E-state index in [1.54, 1.807) is 13.2 Å². The normalized spacial score (nSPS) is 15.4. The number of aryl methyl sites for hydroxylation is 1. The van der Waals surface area contributed by atoms with Crippen molar-refractivity contribution in [3.8, 4) is 5.75 Å². The van der Waals surface area contributed by atoms with Crippen molar-refractivity contribution >= 4 is 18.1 Å². The van der Waals surface area contributed by atoms with E-state index in [0.717, 1.165) is 46.9 Å². The average Bonchev–Trinajstić information content (AvgIpc) is 3.14. The summed E-state index contributed by atoms with van der Waals surface area (Å²) in [7, 11) is 1.64. The molecule has 1 unspecified atom stereocenters. The Bertz CT molecular complexity index is 988. The summed E-state index contributed by atoms with van der Waals surface area (Å²) in [6, 6.07) is 13.7. The van der Waals surface area contributed by atoms with Crippen LogP contribution in [0.3, 0.4) is 0 Å². The van der Waals surface area contributed by atoms with Gasteiger partial charge in [0.2, 0.25) is 0 Å². The zero-order valence-corrected chi connectivity index (χ0v) is 19.1. The van der Waals surface area contributed by atoms with Gasteiger partial charge in [-0.2, -0.15) is 0 Å². The number of carboxylic acid groups (broad SMARTS) is 1. The summed E-state index contributed by atoms with van der Waals surface area (Å²) in [5, 5.41) is 8.87. The first-order chi connectivity index (χ1) is 15.2. The van der Waals surface area contributed by atoms with Crippen LogP contribution in [0, 0.1) is 0 Å². The van der Waals surface area contributed by atoms with Crippen LogP contribution < -0.4 is 4.74 Å². The predicted octanol–water partition coefficient (Wildman–Crippen LogP) is 5.26. The highest BCUT2D eigenvalue weighted by atomic mass is 16.6. The fourth-order valence-corrected chi connectivity index (χ4v) is 3.95. The number of carbonyl (C=O) groups excluding carboxylic acids is 1. The summed E-state index contributed by atoms with van der Waals surface area (Å²) >= 11 is 0. The van der Waals surface area contributed by atoms with E-state index < -0.39 is 11.6 Å². The van der Waals surface area contributed by atoms with Gasteiger partial charge in [-0.05, 0) is 80.5 Å². The molecule has 1 aliphatic carbocycles. The van der Waals surface area contributed by atoms with Crippen LogP contribution in [0.1, 0.15) is 55.5 Å². The van der Waals surface area contributed by atoms with E-state index in [1.165, 1.54) is 0 Å². The van der Waals surface area contributed by atoms with Crippen LogP contribution in [-0.2, 0) is 22.4 Å². The van der Waals surface area contributed by atoms with Crippen LogP contribution in [0.5, 0.6) is 5.75 Å². The molecule has 2 aromatic rings. The van der Waals surface area contributed by atoms with Gasteiger partial charge in [0, 0.05) is 12.6 Å². The summed E-state index contributed by atoms with van der Waals surface area (Å²) in [4.78, 5) is 25.8. The molecule has 1 N–H and O–H groups in total. The Balaban J connectivity index is 1.82. The lowest BCUT2D eigenvalue weighted by Crippen LogP contribution is -2.40. The summed E-state index contributed by atoms with van der Waals surface area (Å²) < 4.78 is 11.0. The Morgan fingerprint density at radius 1 is 1.16 bits per heavy atom. The van der Waals surface area contributed by atoms with Gasteiger partial charge in [-0.25, -0.2) is 9.59 Å². The zero-order chi connectivity index (χ0) is 23.3. The summed E-state index contributed by atoms with van der Waals surface area (Å²) in [6.07, 6.45) is 4.74. The highest BCUT2D eigenvalue weighted by molar-refractivity contribution is 5.85. The number of methoxy groups -OCH3 is 1. The monoisotopic (exact) mass is 437 g/mol. The largest absolute Gasteiger partial charge is 0.497 e. The number of amides is 1. The van der Waals surface area contributed by atoms with Crippen molar-refractivity contribution in [3.05, 3.63) is 70.8 Å². The van der Waals surface area contributed by atoms with Crippen molar-refractivity contribution in [1.29, 1.82) is 0 Å². The molecule has 0 aromatic heterocycles. The van der Waals surface area contributed by atoms with Gasteiger partial charge in [-0.1, -0.05) is 30.3 Å². The molecule has 0 aliphatic heterocycles. The molecule has 2 aromatic carbocycles. The zero-order valence-electron chi connectivity index (χ0n) is 19.1. The number of fused-ring (bicyclic) bond motifs is 1. The number of ether oxygens (including phenoxy) is 2. The van der Waals surface area contributed by atoms with Crippen LogP contribution in [0.25, 0.3) is 6.08 Å². The topological polar surface area (TPSA) is 76.1 Å². The summed E-state index contributed by atoms with van der Waals surface area (Å²) in [5.74, 6) is -0.173. The molecule has 6 heteroatoms. The van der Waals surface area contributed by atoms with Gasteiger partial charge in [-0.3, -0.25) is 0 Å². The van der Waals surface area contributed by atoms with Crippen LogP contribution >= 0.6 is 0 Å². The molecule has 0 radical (unpaired) electrons. The van der Waals surface area contributed by atoms with E-state index in [9.17, 15) is 9.59 Å². The van der Waals surface area contributed by atoms with Gasteiger partial charge in [0.15, 0.2) is 0 Å². The molecule has 0 bridgehead atoms. The van der Waals surface area contributed by atoms with Gasteiger partial charge < -0.3 is 19.5 Å². The average molecular weight is 438 g/mol. The van der Waals surface area contributed by atoms with Crippen molar-refractivity contribution in [2.24, 2.45) is 0 Å². The number of hydrogen-bond acceptors (Lipinski definition) is 4. The van der Waals surface area contributed by atoms with Crippen molar-refractivity contribution < 1.29 is 24.2 Å². The highest BCUT2D eigenvalue weighted by Crippen LogP contribution is 2.37. The minimum absolute atomic E-state index is 0.0735. The number of aliphatic carboxylic acids is 1. The molecule has 3 rings (SSSR count). The number of nitrogens with zero attached hydrogens (tertiary/aromatic N) is 1.